The SMILES string of the molecule is CC(NC(C)C1CC1)c1cc(Br)ccc1F. The molecule has 1 saturated carbocycles. The second kappa shape index (κ2) is 4.84. The van der Waals surface area contributed by atoms with Crippen LogP contribution in [0.15, 0.2) is 22.7 Å². The van der Waals surface area contributed by atoms with Gasteiger partial charge >= 0.3 is 0 Å². The summed E-state index contributed by atoms with van der Waals surface area (Å²) >= 11 is 3.38. The van der Waals surface area contributed by atoms with E-state index in [1.54, 1.807) is 6.07 Å². The van der Waals surface area contributed by atoms with E-state index in [4.69, 9.17) is 0 Å². The van der Waals surface area contributed by atoms with Crippen LogP contribution >= 0.6 is 15.9 Å². The summed E-state index contributed by atoms with van der Waals surface area (Å²) in [5.41, 5.74) is 0.738. The molecule has 1 N–H and O–H groups in total. The van der Waals surface area contributed by atoms with E-state index in [0.29, 0.717) is 6.04 Å². The topological polar surface area (TPSA) is 12.0 Å². The van der Waals surface area contributed by atoms with Crippen LogP contribution in [-0.4, -0.2) is 6.04 Å². The molecule has 1 aliphatic carbocycles. The van der Waals surface area contributed by atoms with E-state index >= 15 is 0 Å². The molecule has 0 aromatic heterocycles. The largest absolute Gasteiger partial charge is 0.307 e. The van der Waals surface area contributed by atoms with Gasteiger partial charge in [-0.05, 0) is 50.8 Å². The average molecular weight is 286 g/mol. The molecule has 1 aromatic carbocycles. The monoisotopic (exact) mass is 285 g/mol. The van der Waals surface area contributed by atoms with Gasteiger partial charge < -0.3 is 5.32 Å². The molecule has 88 valence electrons. The third-order valence-electron chi connectivity index (χ3n) is 3.27. The van der Waals surface area contributed by atoms with Crippen LogP contribution < -0.4 is 5.32 Å². The van der Waals surface area contributed by atoms with Crippen molar-refractivity contribution in [2.75, 3.05) is 0 Å². The van der Waals surface area contributed by atoms with Gasteiger partial charge in [0.25, 0.3) is 0 Å². The van der Waals surface area contributed by atoms with E-state index in [2.05, 4.69) is 28.2 Å². The van der Waals surface area contributed by atoms with Gasteiger partial charge in [0.2, 0.25) is 0 Å². The Labute approximate surface area is 105 Å². The zero-order valence-corrected chi connectivity index (χ0v) is 11.2. The van der Waals surface area contributed by atoms with Gasteiger partial charge in [0.1, 0.15) is 5.82 Å². The predicted molar refractivity (Wildman–Crippen MR) is 67.8 cm³/mol. The van der Waals surface area contributed by atoms with Gasteiger partial charge in [-0.3, -0.25) is 0 Å². The van der Waals surface area contributed by atoms with E-state index in [9.17, 15) is 4.39 Å². The van der Waals surface area contributed by atoms with Crippen molar-refractivity contribution in [1.82, 2.24) is 5.32 Å². The molecule has 1 aromatic rings. The Bertz CT molecular complexity index is 376. The number of hydrogen-bond donors (Lipinski definition) is 1. The Balaban J connectivity index is 2.06. The van der Waals surface area contributed by atoms with Gasteiger partial charge in [0.05, 0.1) is 0 Å². The fourth-order valence-corrected chi connectivity index (χ4v) is 2.44. The molecule has 16 heavy (non-hydrogen) atoms. The van der Waals surface area contributed by atoms with Crippen LogP contribution in [0.3, 0.4) is 0 Å². The van der Waals surface area contributed by atoms with Gasteiger partial charge in [-0.25, -0.2) is 4.39 Å². The molecule has 1 nitrogen and oxygen atoms in total. The summed E-state index contributed by atoms with van der Waals surface area (Å²) in [6.45, 7) is 4.20. The molecule has 0 aliphatic heterocycles. The third-order valence-corrected chi connectivity index (χ3v) is 3.76. The predicted octanol–water partition coefficient (Wildman–Crippen LogP) is 4.04. The lowest BCUT2D eigenvalue weighted by molar-refractivity contribution is 0.430. The summed E-state index contributed by atoms with van der Waals surface area (Å²) in [4.78, 5) is 0. The highest BCUT2D eigenvalue weighted by molar-refractivity contribution is 9.10. The van der Waals surface area contributed by atoms with Gasteiger partial charge in [-0.2, -0.15) is 0 Å². The minimum atomic E-state index is -0.133. The normalized spacial score (nSPS) is 19.5. The fourth-order valence-electron chi connectivity index (χ4n) is 2.06. The molecule has 0 heterocycles. The van der Waals surface area contributed by atoms with Gasteiger partial charge in [0, 0.05) is 22.1 Å². The number of rotatable bonds is 4. The van der Waals surface area contributed by atoms with Crippen LogP contribution in [-0.2, 0) is 0 Å². The lowest BCUT2D eigenvalue weighted by atomic mass is 10.1. The van der Waals surface area contributed by atoms with Crippen LogP contribution in [0.1, 0.15) is 38.3 Å². The Hall–Kier alpha value is -0.410. The van der Waals surface area contributed by atoms with Crippen LogP contribution in [0.5, 0.6) is 0 Å². The Morgan fingerprint density at radius 2 is 2.06 bits per heavy atom. The van der Waals surface area contributed by atoms with Gasteiger partial charge in [-0.15, -0.1) is 0 Å². The zero-order valence-electron chi connectivity index (χ0n) is 9.63. The zero-order chi connectivity index (χ0) is 11.7. The summed E-state index contributed by atoms with van der Waals surface area (Å²) in [5.74, 6) is 0.656. The molecule has 0 amide bonds. The number of benzene rings is 1. The highest BCUT2D eigenvalue weighted by Gasteiger charge is 2.29. The Kier molecular flexibility index (Phi) is 3.65. The lowest BCUT2D eigenvalue weighted by Crippen LogP contribution is -2.31. The van der Waals surface area contributed by atoms with E-state index in [1.165, 1.54) is 18.9 Å². The van der Waals surface area contributed by atoms with Gasteiger partial charge in [0.15, 0.2) is 0 Å². The van der Waals surface area contributed by atoms with E-state index in [-0.39, 0.29) is 11.9 Å². The van der Waals surface area contributed by atoms with Crippen molar-refractivity contribution < 1.29 is 4.39 Å². The average Bonchev–Trinajstić information content (AvgIpc) is 3.04. The smallest absolute Gasteiger partial charge is 0.128 e. The maximum absolute atomic E-state index is 13.6. The molecular formula is C13H17BrFN. The third kappa shape index (κ3) is 2.83. The standard InChI is InChI=1S/C13H17BrFN/c1-8(10-3-4-10)16-9(2)12-7-11(14)5-6-13(12)15/h5-10,16H,3-4H2,1-2H3. The van der Waals surface area contributed by atoms with E-state index in [1.807, 2.05) is 13.0 Å². The first-order chi connectivity index (χ1) is 7.58. The summed E-state index contributed by atoms with van der Waals surface area (Å²) < 4.78 is 14.6. The minimum Gasteiger partial charge on any atom is -0.307 e. The molecule has 3 heteroatoms. The fraction of sp³-hybridized carbons (Fsp3) is 0.538. The first-order valence-corrected chi connectivity index (χ1v) is 6.58. The number of hydrogen-bond acceptors (Lipinski definition) is 1. The van der Waals surface area contributed by atoms with Crippen molar-refractivity contribution in [2.45, 2.75) is 38.8 Å². The summed E-state index contributed by atoms with van der Waals surface area (Å²) in [6, 6.07) is 5.64. The maximum atomic E-state index is 13.6. The van der Waals surface area contributed by atoms with Crippen LogP contribution in [0.2, 0.25) is 0 Å². The molecule has 0 radical (unpaired) electrons. The maximum Gasteiger partial charge on any atom is 0.128 e. The first kappa shape index (κ1) is 12.1. The molecule has 2 unspecified atom stereocenters. The molecular weight excluding hydrogens is 269 g/mol. The second-order valence-corrected chi connectivity index (χ2v) is 5.60. The second-order valence-electron chi connectivity index (χ2n) is 4.68. The molecule has 2 rings (SSSR count). The van der Waals surface area contributed by atoms with Crippen LogP contribution in [0.25, 0.3) is 0 Å². The Morgan fingerprint density at radius 1 is 1.38 bits per heavy atom. The van der Waals surface area contributed by atoms with Crippen molar-refractivity contribution >= 4 is 15.9 Å². The van der Waals surface area contributed by atoms with E-state index < -0.39 is 0 Å². The quantitative estimate of drug-likeness (QED) is 0.881. The highest BCUT2D eigenvalue weighted by atomic mass is 79.9. The van der Waals surface area contributed by atoms with Gasteiger partial charge in [-0.1, -0.05) is 15.9 Å². The first-order valence-electron chi connectivity index (χ1n) is 5.79. The molecule has 2 atom stereocenters. The van der Waals surface area contributed by atoms with Crippen molar-refractivity contribution in [2.24, 2.45) is 5.92 Å². The minimum absolute atomic E-state index is 0.0631. The van der Waals surface area contributed by atoms with Crippen LogP contribution in [0, 0.1) is 11.7 Å². The number of halogens is 2. The molecule has 0 saturated heterocycles. The van der Waals surface area contributed by atoms with E-state index in [0.717, 1.165) is 16.0 Å². The van der Waals surface area contributed by atoms with Crippen molar-refractivity contribution in [3.05, 3.63) is 34.1 Å². The van der Waals surface area contributed by atoms with Crippen molar-refractivity contribution in [1.29, 1.82) is 0 Å². The molecule has 1 fully saturated rings. The van der Waals surface area contributed by atoms with Crippen molar-refractivity contribution in [3.63, 3.8) is 0 Å². The summed E-state index contributed by atoms with van der Waals surface area (Å²) in [7, 11) is 0. The van der Waals surface area contributed by atoms with Crippen molar-refractivity contribution in [3.8, 4) is 0 Å². The Morgan fingerprint density at radius 3 is 2.69 bits per heavy atom. The number of nitrogens with one attached hydrogen (secondary N) is 1. The summed E-state index contributed by atoms with van der Waals surface area (Å²) in [5, 5.41) is 3.47. The van der Waals surface area contributed by atoms with Crippen LogP contribution in [0.4, 0.5) is 4.39 Å². The molecule has 0 spiro atoms. The lowest BCUT2D eigenvalue weighted by Gasteiger charge is -2.20. The molecule has 1 aliphatic rings. The molecule has 0 bridgehead atoms. The summed E-state index contributed by atoms with van der Waals surface area (Å²) in [6.07, 6.45) is 2.61. The highest BCUT2D eigenvalue weighted by Crippen LogP contribution is 2.33.